The zero-order valence-electron chi connectivity index (χ0n) is 12.4. The molecule has 0 radical (unpaired) electrons. The van der Waals surface area contributed by atoms with Crippen LogP contribution in [0.3, 0.4) is 0 Å². The Hall–Kier alpha value is -1.94. The molecule has 0 unspecified atom stereocenters. The number of nitrogens with zero attached hydrogens (tertiary/aromatic N) is 1. The van der Waals surface area contributed by atoms with Gasteiger partial charge in [-0.2, -0.15) is 11.8 Å². The Balaban J connectivity index is 1.88. The van der Waals surface area contributed by atoms with Crippen LogP contribution in [0.2, 0.25) is 0 Å². The molecule has 1 N–H and O–H groups in total. The van der Waals surface area contributed by atoms with Crippen LogP contribution in [-0.4, -0.2) is 22.7 Å². The molecule has 0 aromatic heterocycles. The first-order valence-corrected chi connectivity index (χ1v) is 8.63. The van der Waals surface area contributed by atoms with Gasteiger partial charge >= 0.3 is 6.09 Å². The third-order valence-corrected chi connectivity index (χ3v) is 4.93. The lowest BCUT2D eigenvalue weighted by Gasteiger charge is -2.21. The van der Waals surface area contributed by atoms with E-state index in [2.05, 4.69) is 12.1 Å². The fraction of sp³-hybridized carbons (Fsp3) is 0.278. The third-order valence-electron chi connectivity index (χ3n) is 3.95. The molecule has 1 amide bonds. The number of carboxylic acid groups (broad SMARTS) is 1. The molecule has 0 saturated carbocycles. The molecule has 2 aromatic rings. The number of thioether (sulfide) groups is 1. The summed E-state index contributed by atoms with van der Waals surface area (Å²) in [4.78, 5) is 13.1. The number of hydrogen-bond acceptors (Lipinski definition) is 2. The number of amides is 1. The molecule has 2 aromatic carbocycles. The van der Waals surface area contributed by atoms with E-state index in [9.17, 15) is 9.90 Å². The van der Waals surface area contributed by atoms with Crippen LogP contribution in [0.25, 0.3) is 0 Å². The van der Waals surface area contributed by atoms with Crippen molar-refractivity contribution >= 4 is 23.5 Å². The first-order chi connectivity index (χ1) is 10.7. The molecule has 0 bridgehead atoms. The molecule has 22 heavy (non-hydrogen) atoms. The lowest BCUT2D eigenvalue weighted by Crippen LogP contribution is -2.28. The fourth-order valence-electron chi connectivity index (χ4n) is 2.76. The molecule has 0 saturated heterocycles. The minimum absolute atomic E-state index is 0.379. The van der Waals surface area contributed by atoms with Crippen LogP contribution in [0.4, 0.5) is 10.5 Å². The Morgan fingerprint density at radius 2 is 1.77 bits per heavy atom. The van der Waals surface area contributed by atoms with Gasteiger partial charge in [0.05, 0.1) is 6.54 Å². The number of fused-ring (bicyclic) bond motifs is 1. The fourth-order valence-corrected chi connectivity index (χ4v) is 3.69. The van der Waals surface area contributed by atoms with Crippen LogP contribution in [0.1, 0.15) is 16.7 Å². The van der Waals surface area contributed by atoms with E-state index in [-0.39, 0.29) is 0 Å². The van der Waals surface area contributed by atoms with Gasteiger partial charge in [0.15, 0.2) is 0 Å². The number of rotatable bonds is 3. The second-order valence-corrected chi connectivity index (χ2v) is 6.64. The van der Waals surface area contributed by atoms with Crippen molar-refractivity contribution in [1.82, 2.24) is 0 Å². The first-order valence-electron chi connectivity index (χ1n) is 7.48. The predicted octanol–water partition coefficient (Wildman–Crippen LogP) is 4.20. The number of anilines is 1. The minimum atomic E-state index is -0.910. The van der Waals surface area contributed by atoms with Crippen molar-refractivity contribution in [2.75, 3.05) is 16.4 Å². The van der Waals surface area contributed by atoms with E-state index in [4.69, 9.17) is 0 Å². The van der Waals surface area contributed by atoms with Crippen molar-refractivity contribution in [1.29, 1.82) is 0 Å². The molecule has 0 spiro atoms. The highest BCUT2D eigenvalue weighted by Crippen LogP contribution is 2.26. The van der Waals surface area contributed by atoms with E-state index < -0.39 is 6.09 Å². The van der Waals surface area contributed by atoms with E-state index in [0.29, 0.717) is 6.54 Å². The summed E-state index contributed by atoms with van der Waals surface area (Å²) in [6, 6.07) is 15.8. The second kappa shape index (κ2) is 6.88. The van der Waals surface area contributed by atoms with Crippen LogP contribution < -0.4 is 4.90 Å². The maximum Gasteiger partial charge on any atom is 0.412 e. The van der Waals surface area contributed by atoms with Gasteiger partial charge in [-0.1, -0.05) is 36.4 Å². The minimum Gasteiger partial charge on any atom is -0.465 e. The molecule has 114 valence electrons. The molecule has 0 aliphatic carbocycles. The molecule has 1 aliphatic rings. The summed E-state index contributed by atoms with van der Waals surface area (Å²) in [6.07, 6.45) is 1.19. The summed E-state index contributed by atoms with van der Waals surface area (Å²) >= 11 is 1.97. The van der Waals surface area contributed by atoms with Crippen LogP contribution in [0.5, 0.6) is 0 Å². The standard InChI is InChI=1S/C18H19NO2S/c20-18(21)19(13-14-4-2-1-3-5-14)17-7-6-15-8-10-22-11-9-16(15)12-17/h1-7,12H,8-11,13H2,(H,20,21). The summed E-state index contributed by atoms with van der Waals surface area (Å²) in [7, 11) is 0. The summed E-state index contributed by atoms with van der Waals surface area (Å²) in [5, 5.41) is 9.57. The highest BCUT2D eigenvalue weighted by Gasteiger charge is 2.17. The predicted molar refractivity (Wildman–Crippen MR) is 91.8 cm³/mol. The molecular weight excluding hydrogens is 294 g/mol. The topological polar surface area (TPSA) is 40.5 Å². The van der Waals surface area contributed by atoms with Gasteiger partial charge in [-0.3, -0.25) is 4.90 Å². The van der Waals surface area contributed by atoms with Gasteiger partial charge in [-0.05, 0) is 53.2 Å². The number of hydrogen-bond donors (Lipinski definition) is 1. The molecule has 0 atom stereocenters. The van der Waals surface area contributed by atoms with Crippen molar-refractivity contribution in [3.8, 4) is 0 Å². The smallest absolute Gasteiger partial charge is 0.412 e. The van der Waals surface area contributed by atoms with Crippen molar-refractivity contribution in [2.24, 2.45) is 0 Å². The zero-order chi connectivity index (χ0) is 15.4. The van der Waals surface area contributed by atoms with Gasteiger partial charge in [0, 0.05) is 5.69 Å². The SMILES string of the molecule is O=C(O)N(Cc1ccccc1)c1ccc2c(c1)CCSCC2. The van der Waals surface area contributed by atoms with Crippen molar-refractivity contribution in [3.05, 3.63) is 65.2 Å². The molecule has 1 heterocycles. The molecule has 1 aliphatic heterocycles. The van der Waals surface area contributed by atoms with E-state index in [0.717, 1.165) is 35.6 Å². The third kappa shape index (κ3) is 3.45. The van der Waals surface area contributed by atoms with Crippen molar-refractivity contribution in [3.63, 3.8) is 0 Å². The Bertz CT molecular complexity index is 657. The van der Waals surface area contributed by atoms with Crippen LogP contribution in [-0.2, 0) is 19.4 Å². The monoisotopic (exact) mass is 313 g/mol. The first kappa shape index (κ1) is 15.0. The molecule has 4 heteroatoms. The molecule has 0 fully saturated rings. The molecule has 3 rings (SSSR count). The Labute approximate surface area is 135 Å². The van der Waals surface area contributed by atoms with Crippen LogP contribution in [0.15, 0.2) is 48.5 Å². The summed E-state index contributed by atoms with van der Waals surface area (Å²) in [6.45, 7) is 0.379. The zero-order valence-corrected chi connectivity index (χ0v) is 13.2. The Morgan fingerprint density at radius 1 is 1.05 bits per heavy atom. The largest absolute Gasteiger partial charge is 0.465 e. The van der Waals surface area contributed by atoms with Gasteiger partial charge < -0.3 is 5.11 Å². The van der Waals surface area contributed by atoms with Gasteiger partial charge in [-0.15, -0.1) is 0 Å². The Kier molecular flexibility index (Phi) is 4.68. The lowest BCUT2D eigenvalue weighted by molar-refractivity contribution is 0.201. The van der Waals surface area contributed by atoms with E-state index in [1.54, 1.807) is 0 Å². The highest BCUT2D eigenvalue weighted by atomic mass is 32.2. The van der Waals surface area contributed by atoms with Crippen LogP contribution in [0, 0.1) is 0 Å². The summed E-state index contributed by atoms with van der Waals surface area (Å²) in [5.74, 6) is 2.27. The van der Waals surface area contributed by atoms with Gasteiger partial charge in [-0.25, -0.2) is 4.79 Å². The lowest BCUT2D eigenvalue weighted by atomic mass is 10.0. The van der Waals surface area contributed by atoms with Crippen molar-refractivity contribution < 1.29 is 9.90 Å². The van der Waals surface area contributed by atoms with E-state index in [1.165, 1.54) is 16.0 Å². The average Bonchev–Trinajstić information content (AvgIpc) is 2.78. The molecular formula is C18H19NO2S. The van der Waals surface area contributed by atoms with Gasteiger partial charge in [0.2, 0.25) is 0 Å². The van der Waals surface area contributed by atoms with Crippen molar-refractivity contribution in [2.45, 2.75) is 19.4 Å². The quantitative estimate of drug-likeness (QED) is 0.923. The van der Waals surface area contributed by atoms with E-state index >= 15 is 0 Å². The Morgan fingerprint density at radius 3 is 2.50 bits per heavy atom. The summed E-state index contributed by atoms with van der Waals surface area (Å²) in [5.41, 5.74) is 4.41. The maximum atomic E-state index is 11.7. The normalized spacial score (nSPS) is 14.0. The highest BCUT2D eigenvalue weighted by molar-refractivity contribution is 7.99. The van der Waals surface area contributed by atoms with Crippen LogP contribution >= 0.6 is 11.8 Å². The van der Waals surface area contributed by atoms with Gasteiger partial charge in [0.25, 0.3) is 0 Å². The summed E-state index contributed by atoms with van der Waals surface area (Å²) < 4.78 is 0. The molecule has 3 nitrogen and oxygen atoms in total. The number of benzene rings is 2. The second-order valence-electron chi connectivity index (χ2n) is 5.42. The van der Waals surface area contributed by atoms with Gasteiger partial charge in [0.1, 0.15) is 0 Å². The number of carbonyl (C=O) groups is 1. The maximum absolute atomic E-state index is 11.7. The average molecular weight is 313 g/mol. The number of aryl methyl sites for hydroxylation is 2. The van der Waals surface area contributed by atoms with E-state index in [1.807, 2.05) is 48.2 Å².